The van der Waals surface area contributed by atoms with Crippen LogP contribution >= 0.6 is 0 Å². The summed E-state index contributed by atoms with van der Waals surface area (Å²) in [7, 11) is 0. The average Bonchev–Trinajstić information content (AvgIpc) is 2.47. The molecule has 0 heterocycles. The van der Waals surface area contributed by atoms with Crippen LogP contribution in [0.15, 0.2) is 30.3 Å². The van der Waals surface area contributed by atoms with Crippen molar-refractivity contribution >= 4 is 5.97 Å². The van der Waals surface area contributed by atoms with Gasteiger partial charge in [-0.15, -0.1) is 0 Å². The third-order valence-corrected chi connectivity index (χ3v) is 3.93. The molecule has 0 unspecified atom stereocenters. The molecule has 12 nitrogen and oxygen atoms in total. The molecule has 0 saturated heterocycles. The van der Waals surface area contributed by atoms with Crippen molar-refractivity contribution in [3.05, 3.63) is 30.3 Å². The SMILES string of the molecule is NC(N)C(N)(N)C(N)(N)C(N)(N)C(N)(N)C(=O)Oc1ccccc1. The summed E-state index contributed by atoms with van der Waals surface area (Å²) < 4.78 is 5.03. The van der Waals surface area contributed by atoms with Crippen molar-refractivity contribution < 1.29 is 9.53 Å². The van der Waals surface area contributed by atoms with Gasteiger partial charge in [0, 0.05) is 0 Å². The largest absolute Gasteiger partial charge is 0.424 e. The maximum atomic E-state index is 12.3. The summed E-state index contributed by atoms with van der Waals surface area (Å²) in [5.74, 6) is -1.08. The van der Waals surface area contributed by atoms with Gasteiger partial charge in [0.05, 0.1) is 6.17 Å². The highest BCUT2D eigenvalue weighted by Crippen LogP contribution is 2.24. The van der Waals surface area contributed by atoms with Gasteiger partial charge in [0.1, 0.15) is 22.7 Å². The minimum atomic E-state index is -2.59. The van der Waals surface area contributed by atoms with E-state index in [0.29, 0.717) is 0 Å². The van der Waals surface area contributed by atoms with Crippen LogP contribution in [0.2, 0.25) is 0 Å². The molecule has 0 aliphatic heterocycles. The number of rotatable bonds is 6. The first kappa shape index (κ1) is 20.3. The van der Waals surface area contributed by atoms with Crippen molar-refractivity contribution in [2.45, 2.75) is 28.8 Å². The molecule has 0 aromatic heterocycles. The van der Waals surface area contributed by atoms with E-state index in [1.165, 1.54) is 12.1 Å². The Labute approximate surface area is 138 Å². The summed E-state index contributed by atoms with van der Waals surface area (Å²) in [5.41, 5.74) is 47.4. The summed E-state index contributed by atoms with van der Waals surface area (Å²) >= 11 is 0. The Balaban J connectivity index is 3.20. The first-order chi connectivity index (χ1) is 10.7. The Morgan fingerprint density at radius 3 is 1.71 bits per heavy atom. The molecule has 1 rings (SSSR count). The van der Waals surface area contributed by atoms with E-state index in [9.17, 15) is 4.79 Å². The van der Waals surface area contributed by atoms with Gasteiger partial charge in [0.15, 0.2) is 5.66 Å². The molecular weight excluding hydrogens is 316 g/mol. The molecule has 0 bridgehead atoms. The topological polar surface area (TPSA) is 287 Å². The minimum Gasteiger partial charge on any atom is -0.424 e. The lowest BCUT2D eigenvalue weighted by atomic mass is 9.75. The quantitative estimate of drug-likeness (QED) is 0.131. The van der Waals surface area contributed by atoms with E-state index in [1.54, 1.807) is 18.2 Å². The van der Waals surface area contributed by atoms with Gasteiger partial charge in [-0.2, -0.15) is 0 Å². The van der Waals surface area contributed by atoms with Gasteiger partial charge in [-0.3, -0.25) is 0 Å². The normalized spacial score (nSPS) is 14.0. The zero-order chi connectivity index (χ0) is 19.0. The maximum Gasteiger partial charge on any atom is 0.349 e. The van der Waals surface area contributed by atoms with Crippen LogP contribution in [0.1, 0.15) is 0 Å². The number of ether oxygens (including phenoxy) is 1. The van der Waals surface area contributed by atoms with E-state index in [0.717, 1.165) is 0 Å². The zero-order valence-corrected chi connectivity index (χ0v) is 13.1. The number of carbonyl (C=O) groups is 1. The van der Waals surface area contributed by atoms with Gasteiger partial charge in [-0.25, -0.2) is 4.79 Å². The summed E-state index contributed by atoms with van der Waals surface area (Å²) in [4.78, 5) is 12.3. The van der Waals surface area contributed by atoms with E-state index in [-0.39, 0.29) is 5.75 Å². The minimum absolute atomic E-state index is 0.139. The van der Waals surface area contributed by atoms with Gasteiger partial charge >= 0.3 is 5.97 Å². The lowest BCUT2D eigenvalue weighted by molar-refractivity contribution is -0.145. The molecular formula is C12H26N10O2. The highest BCUT2D eigenvalue weighted by Gasteiger charge is 2.64. The van der Waals surface area contributed by atoms with Crippen LogP contribution in [-0.4, -0.2) is 34.8 Å². The third kappa shape index (κ3) is 3.11. The molecule has 20 N–H and O–H groups in total. The smallest absolute Gasteiger partial charge is 0.349 e. The summed E-state index contributed by atoms with van der Waals surface area (Å²) in [6, 6.07) is 7.89. The highest BCUT2D eigenvalue weighted by atomic mass is 16.5. The van der Waals surface area contributed by atoms with Gasteiger partial charge < -0.3 is 62.1 Å². The Hall–Kier alpha value is -1.71. The van der Waals surface area contributed by atoms with Crippen molar-refractivity contribution in [1.82, 2.24) is 0 Å². The molecule has 1 aromatic rings. The van der Waals surface area contributed by atoms with E-state index >= 15 is 0 Å². The Morgan fingerprint density at radius 1 is 0.833 bits per heavy atom. The van der Waals surface area contributed by atoms with Crippen molar-refractivity contribution in [3.8, 4) is 5.75 Å². The van der Waals surface area contributed by atoms with Gasteiger partial charge in [0.2, 0.25) is 0 Å². The van der Waals surface area contributed by atoms with Gasteiger partial charge in [-0.05, 0) is 12.1 Å². The molecule has 0 fully saturated rings. The van der Waals surface area contributed by atoms with Crippen molar-refractivity contribution in [1.29, 1.82) is 0 Å². The summed E-state index contributed by atoms with van der Waals surface area (Å²) in [6.07, 6.45) is -1.46. The standard InChI is InChI=1S/C12H26N10O2/c13-7(14)9(15,16)11(19,20)12(21,22)10(17,18)8(23)24-6-4-2-1-3-5-6/h1-5,7H,13-22H2. The number of esters is 1. The number of benzene rings is 1. The number of para-hydroxylation sites is 1. The van der Waals surface area contributed by atoms with Crippen LogP contribution in [0, 0.1) is 0 Å². The number of nitrogens with two attached hydrogens (primary N) is 10. The number of hydrogen-bond acceptors (Lipinski definition) is 12. The molecule has 0 spiro atoms. The fourth-order valence-electron chi connectivity index (χ4n) is 1.83. The molecule has 0 atom stereocenters. The summed E-state index contributed by atoms with van der Waals surface area (Å²) in [6.45, 7) is 0. The first-order valence-corrected chi connectivity index (χ1v) is 6.79. The monoisotopic (exact) mass is 342 g/mol. The van der Waals surface area contributed by atoms with Crippen LogP contribution in [0.4, 0.5) is 0 Å². The molecule has 0 amide bonds. The molecule has 136 valence electrons. The predicted molar refractivity (Wildman–Crippen MR) is 88.7 cm³/mol. The average molecular weight is 342 g/mol. The Kier molecular flexibility index (Phi) is 5.34. The van der Waals surface area contributed by atoms with Crippen LogP contribution < -0.4 is 62.1 Å². The molecule has 0 saturated carbocycles. The molecule has 0 aliphatic carbocycles. The summed E-state index contributed by atoms with van der Waals surface area (Å²) in [5, 5.41) is 0. The molecule has 0 radical (unpaired) electrons. The molecule has 1 aromatic carbocycles. The Morgan fingerprint density at radius 2 is 1.29 bits per heavy atom. The fraction of sp³-hybridized carbons (Fsp3) is 0.417. The molecule has 24 heavy (non-hydrogen) atoms. The van der Waals surface area contributed by atoms with Gasteiger partial charge in [-0.1, -0.05) is 18.2 Å². The lowest BCUT2D eigenvalue weighted by Gasteiger charge is -2.54. The van der Waals surface area contributed by atoms with Crippen LogP contribution in [0.3, 0.4) is 0 Å². The zero-order valence-electron chi connectivity index (χ0n) is 13.1. The number of carbonyl (C=O) groups excluding carboxylic acids is 1. The second kappa shape index (κ2) is 6.30. The maximum absolute atomic E-state index is 12.3. The predicted octanol–water partition coefficient (Wildman–Crippen LogP) is -5.71. The highest BCUT2D eigenvalue weighted by molar-refractivity contribution is 5.84. The number of hydrogen-bond donors (Lipinski definition) is 10. The van der Waals surface area contributed by atoms with Crippen molar-refractivity contribution in [2.75, 3.05) is 0 Å². The van der Waals surface area contributed by atoms with Crippen LogP contribution in [0.25, 0.3) is 0 Å². The van der Waals surface area contributed by atoms with Gasteiger partial charge in [0.25, 0.3) is 0 Å². The van der Waals surface area contributed by atoms with Crippen LogP contribution in [-0.2, 0) is 4.79 Å². The lowest BCUT2D eigenvalue weighted by Crippen LogP contribution is -3.00. The van der Waals surface area contributed by atoms with E-state index in [2.05, 4.69) is 0 Å². The van der Waals surface area contributed by atoms with Crippen molar-refractivity contribution in [3.63, 3.8) is 0 Å². The van der Waals surface area contributed by atoms with E-state index in [4.69, 9.17) is 62.1 Å². The second-order valence-corrected chi connectivity index (χ2v) is 5.77. The van der Waals surface area contributed by atoms with Crippen LogP contribution in [0.5, 0.6) is 5.75 Å². The van der Waals surface area contributed by atoms with E-state index in [1.807, 2.05) is 0 Å². The molecule has 12 heteroatoms. The fourth-order valence-corrected chi connectivity index (χ4v) is 1.83. The second-order valence-electron chi connectivity index (χ2n) is 5.77. The van der Waals surface area contributed by atoms with Crippen molar-refractivity contribution in [2.24, 2.45) is 57.3 Å². The molecule has 0 aliphatic rings. The Bertz CT molecular complexity index is 585. The van der Waals surface area contributed by atoms with E-state index < -0.39 is 34.8 Å². The first-order valence-electron chi connectivity index (χ1n) is 6.79. The third-order valence-electron chi connectivity index (χ3n) is 3.93.